The highest BCUT2D eigenvalue weighted by molar-refractivity contribution is 5.85. The minimum atomic E-state index is -1.10. The number of carboxylic acid groups (broad SMARTS) is 1. The second kappa shape index (κ2) is 4.59. The highest BCUT2D eigenvalue weighted by Crippen LogP contribution is 2.24. The summed E-state index contributed by atoms with van der Waals surface area (Å²) in [6, 6.07) is 6.88. The number of hydrogen-bond acceptors (Lipinski definition) is 4. The summed E-state index contributed by atoms with van der Waals surface area (Å²) in [5.74, 6) is -0.621. The monoisotopic (exact) mass is 243 g/mol. The summed E-state index contributed by atoms with van der Waals surface area (Å²) < 4.78 is 6.70. The second-order valence-electron chi connectivity index (χ2n) is 3.47. The largest absolute Gasteiger partial charge is 0.495 e. The van der Waals surface area contributed by atoms with Crippen molar-refractivity contribution in [1.82, 2.24) is 9.55 Å². The van der Waals surface area contributed by atoms with Crippen LogP contribution in [0.1, 0.15) is 16.1 Å². The Hall–Kier alpha value is -2.81. The predicted octanol–water partition coefficient (Wildman–Crippen LogP) is 1.45. The zero-order chi connectivity index (χ0) is 13.1. The Kier molecular flexibility index (Phi) is 2.98. The van der Waals surface area contributed by atoms with Crippen LogP contribution in [0.15, 0.2) is 30.7 Å². The first-order chi connectivity index (χ1) is 8.65. The van der Waals surface area contributed by atoms with Gasteiger partial charge in [-0.3, -0.25) is 0 Å². The first-order valence-electron chi connectivity index (χ1n) is 5.01. The molecule has 0 aliphatic carbocycles. The molecule has 1 heterocycles. The van der Waals surface area contributed by atoms with Gasteiger partial charge in [0.15, 0.2) is 5.69 Å². The van der Waals surface area contributed by atoms with Crippen LogP contribution in [0.5, 0.6) is 5.75 Å². The number of imidazole rings is 1. The summed E-state index contributed by atoms with van der Waals surface area (Å²) in [6.07, 6.45) is 2.76. The lowest BCUT2D eigenvalue weighted by Crippen LogP contribution is -1.98. The van der Waals surface area contributed by atoms with Crippen LogP contribution < -0.4 is 4.74 Å². The Morgan fingerprint density at radius 1 is 1.56 bits per heavy atom. The Morgan fingerprint density at radius 2 is 2.33 bits per heavy atom. The van der Waals surface area contributed by atoms with E-state index in [1.807, 2.05) is 6.07 Å². The van der Waals surface area contributed by atoms with Crippen LogP contribution in [-0.2, 0) is 0 Å². The summed E-state index contributed by atoms with van der Waals surface area (Å²) in [4.78, 5) is 14.5. The maximum atomic E-state index is 10.8. The van der Waals surface area contributed by atoms with Crippen molar-refractivity contribution < 1.29 is 14.6 Å². The zero-order valence-corrected chi connectivity index (χ0v) is 9.49. The molecule has 0 atom stereocenters. The van der Waals surface area contributed by atoms with Crippen molar-refractivity contribution in [3.8, 4) is 17.5 Å². The fraction of sp³-hybridized carbons (Fsp3) is 0.0833. The van der Waals surface area contributed by atoms with Crippen molar-refractivity contribution >= 4 is 5.97 Å². The van der Waals surface area contributed by atoms with Crippen LogP contribution in [0.2, 0.25) is 0 Å². The fourth-order valence-electron chi connectivity index (χ4n) is 1.53. The van der Waals surface area contributed by atoms with Crippen molar-refractivity contribution in [2.75, 3.05) is 7.11 Å². The molecular formula is C12H9N3O3. The van der Waals surface area contributed by atoms with Gasteiger partial charge in [-0.1, -0.05) is 0 Å². The normalized spacial score (nSPS) is 9.78. The molecule has 6 heteroatoms. The first-order valence-corrected chi connectivity index (χ1v) is 5.01. The van der Waals surface area contributed by atoms with E-state index in [9.17, 15) is 4.79 Å². The van der Waals surface area contributed by atoms with Gasteiger partial charge in [-0.05, 0) is 12.1 Å². The number of nitrogens with zero attached hydrogens (tertiary/aromatic N) is 3. The van der Waals surface area contributed by atoms with Crippen LogP contribution in [-0.4, -0.2) is 27.7 Å². The van der Waals surface area contributed by atoms with Gasteiger partial charge in [0.1, 0.15) is 12.1 Å². The average molecular weight is 243 g/mol. The van der Waals surface area contributed by atoms with Gasteiger partial charge in [0.2, 0.25) is 0 Å². The molecule has 18 heavy (non-hydrogen) atoms. The smallest absolute Gasteiger partial charge is 0.356 e. The van der Waals surface area contributed by atoms with Crippen LogP contribution in [0, 0.1) is 11.3 Å². The molecule has 0 aliphatic heterocycles. The number of carbonyl (C=O) groups is 1. The Balaban J connectivity index is 2.49. The van der Waals surface area contributed by atoms with E-state index >= 15 is 0 Å². The van der Waals surface area contributed by atoms with E-state index in [1.165, 1.54) is 24.2 Å². The molecule has 0 radical (unpaired) electrons. The summed E-state index contributed by atoms with van der Waals surface area (Å²) in [5.41, 5.74) is 1.03. The summed E-state index contributed by atoms with van der Waals surface area (Å²) in [5, 5.41) is 17.6. The minimum Gasteiger partial charge on any atom is -0.495 e. The standard InChI is InChI=1S/C12H9N3O3/c1-18-11-4-8(5-13)2-3-10(11)15-6-9(12(16)17)14-7-15/h2-4,6-7H,1H3,(H,16,17). The van der Waals surface area contributed by atoms with Gasteiger partial charge in [-0.15, -0.1) is 0 Å². The zero-order valence-electron chi connectivity index (χ0n) is 9.49. The third-order valence-electron chi connectivity index (χ3n) is 2.39. The molecule has 1 aromatic carbocycles. The Bertz CT molecular complexity index is 640. The number of carboxylic acids is 1. The third-order valence-corrected chi connectivity index (χ3v) is 2.39. The topological polar surface area (TPSA) is 88.1 Å². The quantitative estimate of drug-likeness (QED) is 0.881. The van der Waals surface area contributed by atoms with Gasteiger partial charge in [-0.25, -0.2) is 9.78 Å². The maximum Gasteiger partial charge on any atom is 0.356 e. The molecule has 0 saturated carbocycles. The van der Waals surface area contributed by atoms with Crippen LogP contribution in [0.3, 0.4) is 0 Å². The molecule has 0 fully saturated rings. The van der Waals surface area contributed by atoms with Crippen LogP contribution in [0.25, 0.3) is 5.69 Å². The van der Waals surface area contributed by atoms with E-state index in [0.29, 0.717) is 17.0 Å². The van der Waals surface area contributed by atoms with Gasteiger partial charge in [0.05, 0.1) is 24.4 Å². The molecule has 0 spiro atoms. The number of nitriles is 1. The lowest BCUT2D eigenvalue weighted by atomic mass is 10.2. The second-order valence-corrected chi connectivity index (χ2v) is 3.47. The molecule has 1 aromatic heterocycles. The van der Waals surface area contributed by atoms with E-state index in [0.717, 1.165) is 0 Å². The van der Waals surface area contributed by atoms with E-state index < -0.39 is 5.97 Å². The molecular weight excluding hydrogens is 234 g/mol. The molecule has 6 nitrogen and oxygen atoms in total. The number of aromatic carboxylic acids is 1. The molecule has 2 rings (SSSR count). The summed E-state index contributed by atoms with van der Waals surface area (Å²) in [7, 11) is 1.48. The average Bonchev–Trinajstić information content (AvgIpc) is 2.87. The number of rotatable bonds is 3. The number of ether oxygens (including phenoxy) is 1. The number of aromatic nitrogens is 2. The van der Waals surface area contributed by atoms with E-state index in [1.54, 1.807) is 18.2 Å². The Labute approximate surface area is 103 Å². The van der Waals surface area contributed by atoms with Crippen molar-refractivity contribution in [3.63, 3.8) is 0 Å². The highest BCUT2D eigenvalue weighted by atomic mass is 16.5. The van der Waals surface area contributed by atoms with E-state index in [4.69, 9.17) is 15.1 Å². The highest BCUT2D eigenvalue weighted by Gasteiger charge is 2.11. The lowest BCUT2D eigenvalue weighted by molar-refractivity contribution is 0.0691. The van der Waals surface area contributed by atoms with Gasteiger partial charge in [-0.2, -0.15) is 5.26 Å². The summed E-state index contributed by atoms with van der Waals surface area (Å²) >= 11 is 0. The molecule has 0 amide bonds. The molecule has 0 unspecified atom stereocenters. The SMILES string of the molecule is COc1cc(C#N)ccc1-n1cnc(C(=O)O)c1. The third kappa shape index (κ3) is 2.01. The first kappa shape index (κ1) is 11.7. The summed E-state index contributed by atoms with van der Waals surface area (Å²) in [6.45, 7) is 0. The fourth-order valence-corrected chi connectivity index (χ4v) is 1.53. The minimum absolute atomic E-state index is 0.0542. The van der Waals surface area contributed by atoms with Gasteiger partial charge in [0, 0.05) is 12.3 Å². The maximum absolute atomic E-state index is 10.8. The van der Waals surface area contributed by atoms with E-state index in [2.05, 4.69) is 4.98 Å². The van der Waals surface area contributed by atoms with Crippen LogP contribution >= 0.6 is 0 Å². The number of hydrogen-bond donors (Lipinski definition) is 1. The molecule has 1 N–H and O–H groups in total. The molecule has 0 aliphatic rings. The number of methoxy groups -OCH3 is 1. The predicted molar refractivity (Wildman–Crippen MR) is 61.8 cm³/mol. The van der Waals surface area contributed by atoms with Crippen molar-refractivity contribution in [2.45, 2.75) is 0 Å². The Morgan fingerprint density at radius 3 is 2.89 bits per heavy atom. The number of benzene rings is 1. The molecule has 0 saturated heterocycles. The van der Waals surface area contributed by atoms with Crippen molar-refractivity contribution in [2.24, 2.45) is 0 Å². The molecule has 0 bridgehead atoms. The van der Waals surface area contributed by atoms with Crippen LogP contribution in [0.4, 0.5) is 0 Å². The van der Waals surface area contributed by atoms with Crippen molar-refractivity contribution in [3.05, 3.63) is 42.0 Å². The van der Waals surface area contributed by atoms with Gasteiger partial charge in [0.25, 0.3) is 0 Å². The van der Waals surface area contributed by atoms with Gasteiger partial charge < -0.3 is 14.4 Å². The molecule has 2 aromatic rings. The molecule has 90 valence electrons. The van der Waals surface area contributed by atoms with E-state index in [-0.39, 0.29) is 5.69 Å². The van der Waals surface area contributed by atoms with Crippen molar-refractivity contribution in [1.29, 1.82) is 5.26 Å². The lowest BCUT2D eigenvalue weighted by Gasteiger charge is -2.08. The van der Waals surface area contributed by atoms with Gasteiger partial charge >= 0.3 is 5.97 Å².